The lowest BCUT2D eigenvalue weighted by Crippen LogP contribution is -2.44. The fourth-order valence-corrected chi connectivity index (χ4v) is 4.05. The molecule has 172 valence electrons. The maximum Gasteiger partial charge on any atom is 0.225 e. The Morgan fingerprint density at radius 2 is 1.94 bits per heavy atom. The van der Waals surface area contributed by atoms with E-state index in [1.807, 2.05) is 13.1 Å². The molecule has 1 saturated heterocycles. The molecule has 3 heterocycles. The molecule has 0 N–H and O–H groups in total. The molecule has 10 heteroatoms. The monoisotopic (exact) mass is 439 g/mol. The third kappa shape index (κ3) is 5.97. The summed E-state index contributed by atoms with van der Waals surface area (Å²) in [5.74, 6) is 2.81. The van der Waals surface area contributed by atoms with Gasteiger partial charge in [0.1, 0.15) is 5.75 Å². The molecule has 0 aliphatic carbocycles. The van der Waals surface area contributed by atoms with E-state index >= 15 is 0 Å². The van der Waals surface area contributed by atoms with E-state index in [9.17, 15) is 0 Å². The maximum atomic E-state index is 8.35. The summed E-state index contributed by atoms with van der Waals surface area (Å²) in [6.45, 7) is 11.0. The van der Waals surface area contributed by atoms with Crippen LogP contribution in [0.2, 0.25) is 0 Å². The molecule has 0 unspecified atom stereocenters. The van der Waals surface area contributed by atoms with Crippen molar-refractivity contribution in [2.24, 2.45) is 11.0 Å². The van der Waals surface area contributed by atoms with Crippen LogP contribution in [-0.2, 0) is 6.42 Å². The van der Waals surface area contributed by atoms with Gasteiger partial charge in [-0.3, -0.25) is 0 Å². The van der Waals surface area contributed by atoms with Crippen LogP contribution in [-0.4, -0.2) is 59.5 Å². The van der Waals surface area contributed by atoms with E-state index < -0.39 is 0 Å². The molecule has 0 radical (unpaired) electrons. The van der Waals surface area contributed by atoms with Gasteiger partial charge in [-0.1, -0.05) is 19.0 Å². The van der Waals surface area contributed by atoms with Gasteiger partial charge in [0.25, 0.3) is 0 Å². The van der Waals surface area contributed by atoms with Crippen LogP contribution in [0, 0.1) is 19.8 Å². The summed E-state index contributed by atoms with van der Waals surface area (Å²) in [5, 5.41) is 11.8. The number of nitrogens with zero attached hydrogens (tertiary/aromatic N) is 9. The van der Waals surface area contributed by atoms with Crippen LogP contribution in [0.25, 0.3) is 10.4 Å². The van der Waals surface area contributed by atoms with Crippen molar-refractivity contribution in [2.75, 3.05) is 43.1 Å². The molecule has 0 atom stereocenters. The number of aryl methyl sites for hydroxylation is 2. The first-order chi connectivity index (χ1) is 15.4. The zero-order chi connectivity index (χ0) is 23.1. The van der Waals surface area contributed by atoms with Gasteiger partial charge in [-0.05, 0) is 50.1 Å². The number of aromatic nitrogens is 4. The number of hydrogen-bond donors (Lipinski definition) is 0. The summed E-state index contributed by atoms with van der Waals surface area (Å²) in [4.78, 5) is 16.8. The molecule has 2 aromatic heterocycles. The van der Waals surface area contributed by atoms with Gasteiger partial charge < -0.3 is 14.5 Å². The van der Waals surface area contributed by atoms with E-state index in [1.165, 1.54) is 5.56 Å². The summed E-state index contributed by atoms with van der Waals surface area (Å²) in [6, 6.07) is 2.22. The highest BCUT2D eigenvalue weighted by Crippen LogP contribution is 2.26. The number of anilines is 2. The van der Waals surface area contributed by atoms with Crippen molar-refractivity contribution in [3.63, 3.8) is 0 Å². The molecule has 10 nitrogen and oxygen atoms in total. The Balaban J connectivity index is 1.60. The molecule has 32 heavy (non-hydrogen) atoms. The van der Waals surface area contributed by atoms with Crippen LogP contribution in [0.1, 0.15) is 43.6 Å². The largest absolute Gasteiger partial charge is 0.492 e. The first kappa shape index (κ1) is 23.5. The average Bonchev–Trinajstić information content (AvgIpc) is 2.79. The fraction of sp³-hybridized carbons (Fsp3) is 0.636. The second-order valence-corrected chi connectivity index (χ2v) is 8.65. The molecule has 1 aliphatic heterocycles. The van der Waals surface area contributed by atoms with E-state index in [-0.39, 0.29) is 6.54 Å². The third-order valence-corrected chi connectivity index (χ3v) is 5.82. The lowest BCUT2D eigenvalue weighted by molar-refractivity contribution is 0.326. The van der Waals surface area contributed by atoms with Crippen molar-refractivity contribution < 1.29 is 4.74 Å². The first-order valence-corrected chi connectivity index (χ1v) is 11.2. The van der Waals surface area contributed by atoms with Gasteiger partial charge in [0, 0.05) is 48.5 Å². The Hall–Kier alpha value is -3.13. The molecule has 0 bridgehead atoms. The molecule has 0 amide bonds. The van der Waals surface area contributed by atoms with Gasteiger partial charge in [-0.2, -0.15) is 5.10 Å². The van der Waals surface area contributed by atoms with Crippen LogP contribution >= 0.6 is 0 Å². The molecule has 1 aliphatic rings. The lowest BCUT2D eigenvalue weighted by atomic mass is 10.0. The molecule has 0 saturated carbocycles. The number of ether oxygens (including phenoxy) is 1. The molecule has 2 aromatic rings. The zero-order valence-electron chi connectivity index (χ0n) is 19.7. The summed E-state index contributed by atoms with van der Waals surface area (Å²) in [6.07, 6.45) is 4.55. The quantitative estimate of drug-likeness (QED) is 0.252. The normalized spacial score (nSPS) is 14.4. The number of piperidine rings is 1. The summed E-state index contributed by atoms with van der Waals surface area (Å²) in [7, 11) is 2.04. The Morgan fingerprint density at radius 3 is 2.56 bits per heavy atom. The SMILES string of the molecule is Cc1nc(N2CCC(N(C)c3cc(OCCN=[N+]=[N-])cnn3)CC2)nc(C)c1CC(C)C. The van der Waals surface area contributed by atoms with Crippen molar-refractivity contribution in [3.8, 4) is 5.75 Å². The predicted octanol–water partition coefficient (Wildman–Crippen LogP) is 3.88. The Labute approximate surface area is 189 Å². The molecular formula is C22H33N9O. The second kappa shape index (κ2) is 10.9. The maximum absolute atomic E-state index is 8.35. The lowest BCUT2D eigenvalue weighted by Gasteiger charge is -2.37. The van der Waals surface area contributed by atoms with E-state index in [2.05, 4.69) is 57.7 Å². The smallest absolute Gasteiger partial charge is 0.225 e. The number of hydrogen-bond acceptors (Lipinski definition) is 8. The first-order valence-electron chi connectivity index (χ1n) is 11.2. The van der Waals surface area contributed by atoms with Crippen molar-refractivity contribution >= 4 is 11.8 Å². The zero-order valence-corrected chi connectivity index (χ0v) is 19.7. The fourth-order valence-electron chi connectivity index (χ4n) is 4.05. The molecule has 0 aromatic carbocycles. The van der Waals surface area contributed by atoms with Crippen LogP contribution in [0.5, 0.6) is 5.75 Å². The minimum Gasteiger partial charge on any atom is -0.492 e. The van der Waals surface area contributed by atoms with Crippen LogP contribution < -0.4 is 14.5 Å². The molecule has 1 fully saturated rings. The van der Waals surface area contributed by atoms with Crippen molar-refractivity contribution in [2.45, 2.75) is 53.0 Å². The second-order valence-electron chi connectivity index (χ2n) is 8.65. The highest BCUT2D eigenvalue weighted by atomic mass is 16.5. The summed E-state index contributed by atoms with van der Waals surface area (Å²) in [5.41, 5.74) is 11.8. The number of azide groups is 1. The van der Waals surface area contributed by atoms with E-state index in [0.717, 1.165) is 55.5 Å². The Kier molecular flexibility index (Phi) is 8.05. The van der Waals surface area contributed by atoms with Crippen molar-refractivity contribution in [1.29, 1.82) is 0 Å². The Bertz CT molecular complexity index is 927. The van der Waals surface area contributed by atoms with Gasteiger partial charge >= 0.3 is 0 Å². The molecule has 3 rings (SSSR count). The summed E-state index contributed by atoms with van der Waals surface area (Å²) >= 11 is 0. The van der Waals surface area contributed by atoms with Crippen LogP contribution in [0.3, 0.4) is 0 Å². The summed E-state index contributed by atoms with van der Waals surface area (Å²) < 4.78 is 5.60. The minimum atomic E-state index is 0.280. The predicted molar refractivity (Wildman–Crippen MR) is 125 cm³/mol. The van der Waals surface area contributed by atoms with E-state index in [1.54, 1.807) is 6.20 Å². The van der Waals surface area contributed by atoms with E-state index in [4.69, 9.17) is 20.2 Å². The molecule has 0 spiro atoms. The van der Waals surface area contributed by atoms with Gasteiger partial charge in [0.15, 0.2) is 5.82 Å². The standard InChI is InChI=1S/C22H33N9O/c1-15(2)12-20-16(3)26-22(27-17(20)4)31-9-6-18(7-10-31)30(5)21-13-19(14-25-28-21)32-11-8-24-29-23/h13-15,18H,6-12H2,1-5H3. The van der Waals surface area contributed by atoms with Crippen LogP contribution in [0.4, 0.5) is 11.8 Å². The highest BCUT2D eigenvalue weighted by Gasteiger charge is 2.26. The van der Waals surface area contributed by atoms with Gasteiger partial charge in [0.2, 0.25) is 5.95 Å². The third-order valence-electron chi connectivity index (χ3n) is 5.82. The highest BCUT2D eigenvalue weighted by molar-refractivity contribution is 5.43. The minimum absolute atomic E-state index is 0.280. The van der Waals surface area contributed by atoms with E-state index in [0.29, 0.717) is 24.3 Å². The van der Waals surface area contributed by atoms with Crippen LogP contribution in [0.15, 0.2) is 17.4 Å². The van der Waals surface area contributed by atoms with Crippen molar-refractivity contribution in [1.82, 2.24) is 20.2 Å². The topological polar surface area (TPSA) is 116 Å². The van der Waals surface area contributed by atoms with Gasteiger partial charge in [0.05, 0.1) is 19.3 Å². The Morgan fingerprint density at radius 1 is 1.25 bits per heavy atom. The van der Waals surface area contributed by atoms with Crippen molar-refractivity contribution in [3.05, 3.63) is 39.7 Å². The average molecular weight is 440 g/mol. The van der Waals surface area contributed by atoms with Gasteiger partial charge in [-0.25, -0.2) is 9.97 Å². The number of rotatable bonds is 9. The van der Waals surface area contributed by atoms with Gasteiger partial charge in [-0.15, -0.1) is 5.10 Å². The molecular weight excluding hydrogens is 406 g/mol.